The van der Waals surface area contributed by atoms with E-state index in [2.05, 4.69) is 15.3 Å². The number of pyridine rings is 1. The summed E-state index contributed by atoms with van der Waals surface area (Å²) in [6.45, 7) is 2.91. The molecule has 1 saturated heterocycles. The molecule has 3 heterocycles. The van der Waals surface area contributed by atoms with Crippen LogP contribution < -0.4 is 15.8 Å². The number of ketones is 1. The molecule has 2 aromatic carbocycles. The van der Waals surface area contributed by atoms with Gasteiger partial charge in [-0.3, -0.25) is 19.0 Å². The minimum atomic E-state index is -0.312. The molecule has 1 aliphatic rings. The van der Waals surface area contributed by atoms with Gasteiger partial charge in [0.2, 0.25) is 5.91 Å². The first-order valence-electron chi connectivity index (χ1n) is 12.1. The molecule has 0 saturated carbocycles. The summed E-state index contributed by atoms with van der Waals surface area (Å²) >= 11 is 0. The second kappa shape index (κ2) is 10.1. The number of hydrogen-bond donors (Lipinski definition) is 1. The van der Waals surface area contributed by atoms with Gasteiger partial charge in [0.25, 0.3) is 5.56 Å². The zero-order chi connectivity index (χ0) is 25.1. The highest BCUT2D eigenvalue weighted by Crippen LogP contribution is 2.23. The van der Waals surface area contributed by atoms with Gasteiger partial charge in [0.05, 0.1) is 12.5 Å². The molecule has 8 nitrogen and oxygen atoms in total. The standard InChI is InChI=1S/C28H27N5O3/c1-19(34)21-10-5-12-23(16-21)30-27(35)22-11-7-15-32(18-22)26-28(36)33(17-20-8-3-2-4-9-20)25-24(31-26)13-6-14-29-25/h2-6,8-10,12-14,16,22H,7,11,15,17-18H2,1H3,(H,30,35). The molecule has 182 valence electrons. The fraction of sp³-hybridized carbons (Fsp3) is 0.250. The van der Waals surface area contributed by atoms with Crippen LogP contribution in [0.5, 0.6) is 0 Å². The number of carbonyl (C=O) groups excluding carboxylic acids is 2. The van der Waals surface area contributed by atoms with Gasteiger partial charge in [0.1, 0.15) is 5.52 Å². The Morgan fingerprint density at radius 2 is 1.89 bits per heavy atom. The summed E-state index contributed by atoms with van der Waals surface area (Å²) < 4.78 is 1.66. The van der Waals surface area contributed by atoms with Crippen LogP contribution >= 0.6 is 0 Å². The summed E-state index contributed by atoms with van der Waals surface area (Å²) in [5.74, 6) is -0.165. The lowest BCUT2D eigenvalue weighted by Crippen LogP contribution is -2.44. The molecule has 0 bridgehead atoms. The lowest BCUT2D eigenvalue weighted by molar-refractivity contribution is -0.120. The highest BCUT2D eigenvalue weighted by Gasteiger charge is 2.29. The molecule has 4 aromatic rings. The van der Waals surface area contributed by atoms with Crippen LogP contribution in [-0.4, -0.2) is 39.3 Å². The zero-order valence-electron chi connectivity index (χ0n) is 20.1. The van der Waals surface area contributed by atoms with Crippen LogP contribution in [0.1, 0.15) is 35.7 Å². The number of hydrogen-bond acceptors (Lipinski definition) is 6. The van der Waals surface area contributed by atoms with Crippen LogP contribution in [0, 0.1) is 5.92 Å². The molecule has 0 aliphatic carbocycles. The molecule has 1 N–H and O–H groups in total. The number of nitrogens with one attached hydrogen (secondary N) is 1. The monoisotopic (exact) mass is 481 g/mol. The van der Waals surface area contributed by atoms with Crippen molar-refractivity contribution in [3.05, 3.63) is 94.4 Å². The van der Waals surface area contributed by atoms with Crippen molar-refractivity contribution in [2.75, 3.05) is 23.3 Å². The molecule has 36 heavy (non-hydrogen) atoms. The lowest BCUT2D eigenvalue weighted by Gasteiger charge is -2.32. The van der Waals surface area contributed by atoms with Gasteiger partial charge in [-0.15, -0.1) is 0 Å². The van der Waals surface area contributed by atoms with Crippen LogP contribution in [0.4, 0.5) is 11.5 Å². The number of benzene rings is 2. The Morgan fingerprint density at radius 1 is 1.06 bits per heavy atom. The van der Waals surface area contributed by atoms with Gasteiger partial charge in [-0.2, -0.15) is 0 Å². The molecule has 2 aromatic heterocycles. The predicted molar refractivity (Wildman–Crippen MR) is 139 cm³/mol. The zero-order valence-corrected chi connectivity index (χ0v) is 20.1. The first-order chi connectivity index (χ1) is 17.5. The van der Waals surface area contributed by atoms with E-state index in [-0.39, 0.29) is 23.2 Å². The van der Waals surface area contributed by atoms with Gasteiger partial charge < -0.3 is 10.2 Å². The molecule has 0 radical (unpaired) electrons. The Bertz CT molecular complexity index is 1480. The normalized spacial score (nSPS) is 15.6. The summed E-state index contributed by atoms with van der Waals surface area (Å²) in [6.07, 6.45) is 3.13. The van der Waals surface area contributed by atoms with E-state index in [0.29, 0.717) is 54.3 Å². The maximum absolute atomic E-state index is 13.6. The average Bonchev–Trinajstić information content (AvgIpc) is 2.91. The van der Waals surface area contributed by atoms with Crippen molar-refractivity contribution in [2.24, 2.45) is 5.92 Å². The Morgan fingerprint density at radius 3 is 2.69 bits per heavy atom. The predicted octanol–water partition coefficient (Wildman–Crippen LogP) is 3.90. The molecule has 1 fully saturated rings. The van der Waals surface area contributed by atoms with Crippen LogP contribution in [0.3, 0.4) is 0 Å². The largest absolute Gasteiger partial charge is 0.351 e. The van der Waals surface area contributed by atoms with Gasteiger partial charge >= 0.3 is 0 Å². The van der Waals surface area contributed by atoms with Crippen molar-refractivity contribution in [3.63, 3.8) is 0 Å². The number of carbonyl (C=O) groups is 2. The summed E-state index contributed by atoms with van der Waals surface area (Å²) in [6, 6.07) is 20.4. The smallest absolute Gasteiger partial charge is 0.295 e. The van der Waals surface area contributed by atoms with Gasteiger partial charge in [-0.25, -0.2) is 9.97 Å². The third-order valence-electron chi connectivity index (χ3n) is 6.50. The maximum Gasteiger partial charge on any atom is 0.295 e. The number of fused-ring (bicyclic) bond motifs is 1. The van der Waals surface area contributed by atoms with Crippen molar-refractivity contribution in [2.45, 2.75) is 26.3 Å². The number of Topliss-reactive ketones (excluding diaryl/α,β-unsaturated/α-hetero) is 1. The van der Waals surface area contributed by atoms with E-state index in [0.717, 1.165) is 12.0 Å². The van der Waals surface area contributed by atoms with Crippen molar-refractivity contribution in [3.8, 4) is 0 Å². The Balaban J connectivity index is 1.42. The second-order valence-corrected chi connectivity index (χ2v) is 9.07. The molecule has 0 spiro atoms. The first kappa shape index (κ1) is 23.4. The minimum absolute atomic E-state index is 0.0569. The number of piperidine rings is 1. The van der Waals surface area contributed by atoms with E-state index in [1.165, 1.54) is 6.92 Å². The van der Waals surface area contributed by atoms with Gasteiger partial charge in [0, 0.05) is 30.5 Å². The Kier molecular flexibility index (Phi) is 6.58. The van der Waals surface area contributed by atoms with E-state index < -0.39 is 0 Å². The van der Waals surface area contributed by atoms with Gasteiger partial charge in [-0.05, 0) is 49.6 Å². The number of amides is 1. The van der Waals surface area contributed by atoms with Crippen molar-refractivity contribution in [1.82, 2.24) is 14.5 Å². The molecule has 8 heteroatoms. The fourth-order valence-corrected chi connectivity index (χ4v) is 4.62. The van der Waals surface area contributed by atoms with Crippen molar-refractivity contribution >= 4 is 34.4 Å². The average molecular weight is 482 g/mol. The third kappa shape index (κ3) is 4.88. The van der Waals surface area contributed by atoms with Gasteiger partial charge in [-0.1, -0.05) is 42.5 Å². The maximum atomic E-state index is 13.6. The van der Waals surface area contributed by atoms with Crippen LogP contribution in [0.2, 0.25) is 0 Å². The van der Waals surface area contributed by atoms with E-state index in [1.54, 1.807) is 41.1 Å². The topological polar surface area (TPSA) is 97.2 Å². The summed E-state index contributed by atoms with van der Waals surface area (Å²) in [7, 11) is 0. The Hall–Kier alpha value is -4.33. The van der Waals surface area contributed by atoms with E-state index in [9.17, 15) is 14.4 Å². The number of aromatic nitrogens is 3. The number of nitrogens with zero attached hydrogens (tertiary/aromatic N) is 4. The fourth-order valence-electron chi connectivity index (χ4n) is 4.62. The van der Waals surface area contributed by atoms with E-state index >= 15 is 0 Å². The summed E-state index contributed by atoms with van der Waals surface area (Å²) in [4.78, 5) is 49.4. The molecule has 1 unspecified atom stereocenters. The number of anilines is 2. The van der Waals surface area contributed by atoms with Gasteiger partial charge in [0.15, 0.2) is 17.2 Å². The van der Waals surface area contributed by atoms with Crippen LogP contribution in [0.25, 0.3) is 11.2 Å². The minimum Gasteiger partial charge on any atom is -0.351 e. The third-order valence-corrected chi connectivity index (χ3v) is 6.50. The second-order valence-electron chi connectivity index (χ2n) is 9.07. The van der Waals surface area contributed by atoms with Crippen molar-refractivity contribution in [1.29, 1.82) is 0 Å². The molecular formula is C28H27N5O3. The highest BCUT2D eigenvalue weighted by atomic mass is 16.2. The highest BCUT2D eigenvalue weighted by molar-refractivity contribution is 5.97. The molecule has 1 aliphatic heterocycles. The SMILES string of the molecule is CC(=O)c1cccc(NC(=O)C2CCCN(c3nc4cccnc4n(Cc4ccccc4)c3=O)C2)c1. The summed E-state index contributed by atoms with van der Waals surface area (Å²) in [5.41, 5.74) is 3.08. The van der Waals surface area contributed by atoms with E-state index in [1.807, 2.05) is 41.3 Å². The summed E-state index contributed by atoms with van der Waals surface area (Å²) in [5, 5.41) is 2.94. The van der Waals surface area contributed by atoms with E-state index in [4.69, 9.17) is 0 Å². The van der Waals surface area contributed by atoms with Crippen molar-refractivity contribution < 1.29 is 9.59 Å². The first-order valence-corrected chi connectivity index (χ1v) is 12.1. The lowest BCUT2D eigenvalue weighted by atomic mass is 9.97. The molecular weight excluding hydrogens is 454 g/mol. The molecule has 1 atom stereocenters. The quantitative estimate of drug-likeness (QED) is 0.420. The van der Waals surface area contributed by atoms with Crippen LogP contribution in [0.15, 0.2) is 77.7 Å². The molecule has 5 rings (SSSR count). The number of rotatable bonds is 6. The Labute approximate surface area is 208 Å². The van der Waals surface area contributed by atoms with Crippen LogP contribution in [-0.2, 0) is 11.3 Å². The molecule has 1 amide bonds.